The fourth-order valence-corrected chi connectivity index (χ4v) is 2.84. The Labute approximate surface area is 116 Å². The summed E-state index contributed by atoms with van der Waals surface area (Å²) in [6, 6.07) is 11.3. The highest BCUT2D eigenvalue weighted by Crippen LogP contribution is 2.11. The van der Waals surface area contributed by atoms with Crippen LogP contribution in [0.2, 0.25) is 0 Å². The third-order valence-electron chi connectivity index (χ3n) is 3.92. The van der Waals surface area contributed by atoms with Gasteiger partial charge in [-0.2, -0.15) is 0 Å². The number of aliphatic hydroxyl groups excluding tert-OH is 1. The van der Waals surface area contributed by atoms with Crippen molar-refractivity contribution in [3.05, 3.63) is 35.9 Å². The second-order valence-electron chi connectivity index (χ2n) is 5.35. The van der Waals surface area contributed by atoms with Crippen molar-refractivity contribution in [2.75, 3.05) is 32.8 Å². The Morgan fingerprint density at radius 2 is 2.05 bits per heavy atom. The molecule has 1 aromatic rings. The SMILES string of the molecule is OCCCC1CNCCN1CCCc1ccccc1. The lowest BCUT2D eigenvalue weighted by atomic mass is 10.1. The molecule has 3 nitrogen and oxygen atoms in total. The van der Waals surface area contributed by atoms with Crippen LogP contribution in [0.15, 0.2) is 30.3 Å². The van der Waals surface area contributed by atoms with Gasteiger partial charge in [-0.15, -0.1) is 0 Å². The number of nitrogens with zero attached hydrogens (tertiary/aromatic N) is 1. The van der Waals surface area contributed by atoms with E-state index < -0.39 is 0 Å². The van der Waals surface area contributed by atoms with E-state index in [9.17, 15) is 0 Å². The minimum atomic E-state index is 0.314. The van der Waals surface area contributed by atoms with E-state index >= 15 is 0 Å². The predicted molar refractivity (Wildman–Crippen MR) is 79.3 cm³/mol. The van der Waals surface area contributed by atoms with Gasteiger partial charge in [-0.25, -0.2) is 0 Å². The fraction of sp³-hybridized carbons (Fsp3) is 0.625. The molecule has 1 aliphatic heterocycles. The first-order chi connectivity index (χ1) is 9.40. The zero-order chi connectivity index (χ0) is 13.3. The molecular weight excluding hydrogens is 236 g/mol. The summed E-state index contributed by atoms with van der Waals surface area (Å²) in [6.07, 6.45) is 4.41. The predicted octanol–water partition coefficient (Wildman–Crippen LogP) is 1.67. The molecule has 1 unspecified atom stereocenters. The van der Waals surface area contributed by atoms with Crippen LogP contribution in [-0.2, 0) is 6.42 Å². The van der Waals surface area contributed by atoms with Gasteiger partial charge in [0.05, 0.1) is 0 Å². The molecule has 0 aromatic heterocycles. The average Bonchev–Trinajstić information content (AvgIpc) is 2.47. The fourth-order valence-electron chi connectivity index (χ4n) is 2.84. The molecule has 1 saturated heterocycles. The van der Waals surface area contributed by atoms with Crippen LogP contribution in [0.5, 0.6) is 0 Å². The lowest BCUT2D eigenvalue weighted by Gasteiger charge is -2.36. The highest BCUT2D eigenvalue weighted by atomic mass is 16.2. The number of benzene rings is 1. The van der Waals surface area contributed by atoms with Crippen molar-refractivity contribution in [3.63, 3.8) is 0 Å². The monoisotopic (exact) mass is 262 g/mol. The number of nitrogens with one attached hydrogen (secondary N) is 1. The molecule has 0 radical (unpaired) electrons. The van der Waals surface area contributed by atoms with Crippen LogP contribution in [0, 0.1) is 0 Å². The summed E-state index contributed by atoms with van der Waals surface area (Å²) in [5.41, 5.74) is 1.43. The molecule has 19 heavy (non-hydrogen) atoms. The summed E-state index contributed by atoms with van der Waals surface area (Å²) >= 11 is 0. The molecular formula is C16H26N2O. The van der Waals surface area contributed by atoms with Gasteiger partial charge in [0.1, 0.15) is 0 Å². The molecule has 1 heterocycles. The van der Waals surface area contributed by atoms with E-state index in [0.29, 0.717) is 12.6 Å². The van der Waals surface area contributed by atoms with Gasteiger partial charge in [0.15, 0.2) is 0 Å². The summed E-state index contributed by atoms with van der Waals surface area (Å²) < 4.78 is 0. The molecule has 0 aliphatic carbocycles. The zero-order valence-corrected chi connectivity index (χ0v) is 11.7. The minimum Gasteiger partial charge on any atom is -0.396 e. The summed E-state index contributed by atoms with van der Waals surface area (Å²) in [4.78, 5) is 2.59. The van der Waals surface area contributed by atoms with Gasteiger partial charge in [0.2, 0.25) is 0 Å². The number of aryl methyl sites for hydroxylation is 1. The van der Waals surface area contributed by atoms with Crippen molar-refractivity contribution in [2.24, 2.45) is 0 Å². The first-order valence-corrected chi connectivity index (χ1v) is 7.49. The van der Waals surface area contributed by atoms with E-state index in [4.69, 9.17) is 5.11 Å². The van der Waals surface area contributed by atoms with Crippen molar-refractivity contribution in [3.8, 4) is 0 Å². The maximum Gasteiger partial charge on any atom is 0.0431 e. The highest BCUT2D eigenvalue weighted by molar-refractivity contribution is 5.14. The molecule has 0 saturated carbocycles. The molecule has 0 bridgehead atoms. The maximum absolute atomic E-state index is 8.97. The van der Waals surface area contributed by atoms with Crippen molar-refractivity contribution in [2.45, 2.75) is 31.7 Å². The number of hydrogen-bond donors (Lipinski definition) is 2. The Morgan fingerprint density at radius 1 is 1.21 bits per heavy atom. The van der Waals surface area contributed by atoms with E-state index in [1.165, 1.54) is 18.5 Å². The smallest absolute Gasteiger partial charge is 0.0431 e. The van der Waals surface area contributed by atoms with Crippen LogP contribution < -0.4 is 5.32 Å². The van der Waals surface area contributed by atoms with E-state index in [1.807, 2.05) is 0 Å². The summed E-state index contributed by atoms with van der Waals surface area (Å²) in [6.45, 7) is 4.80. The van der Waals surface area contributed by atoms with E-state index in [1.54, 1.807) is 0 Å². The highest BCUT2D eigenvalue weighted by Gasteiger charge is 2.20. The van der Waals surface area contributed by atoms with Gasteiger partial charge in [-0.1, -0.05) is 30.3 Å². The van der Waals surface area contributed by atoms with E-state index in [-0.39, 0.29) is 0 Å². The Balaban J connectivity index is 1.73. The number of aliphatic hydroxyl groups is 1. The first-order valence-electron chi connectivity index (χ1n) is 7.49. The zero-order valence-electron chi connectivity index (χ0n) is 11.7. The molecule has 2 N–H and O–H groups in total. The van der Waals surface area contributed by atoms with Crippen molar-refractivity contribution in [1.82, 2.24) is 10.2 Å². The summed E-state index contributed by atoms with van der Waals surface area (Å²) in [7, 11) is 0. The van der Waals surface area contributed by atoms with E-state index in [2.05, 4.69) is 40.5 Å². The molecule has 3 heteroatoms. The normalized spacial score (nSPS) is 20.6. The molecule has 1 aliphatic rings. The lowest BCUT2D eigenvalue weighted by molar-refractivity contribution is 0.142. The minimum absolute atomic E-state index is 0.314. The van der Waals surface area contributed by atoms with Gasteiger partial charge in [0, 0.05) is 32.3 Å². The quantitative estimate of drug-likeness (QED) is 0.784. The standard InChI is InChI=1S/C16H26N2O/c19-13-5-9-16-14-17-10-12-18(16)11-4-8-15-6-2-1-3-7-15/h1-3,6-7,16-17,19H,4-5,8-14H2. The molecule has 1 aromatic carbocycles. The van der Waals surface area contributed by atoms with Crippen LogP contribution >= 0.6 is 0 Å². The second kappa shape index (κ2) is 8.31. The van der Waals surface area contributed by atoms with Gasteiger partial charge >= 0.3 is 0 Å². The molecule has 0 spiro atoms. The van der Waals surface area contributed by atoms with Crippen molar-refractivity contribution >= 4 is 0 Å². The van der Waals surface area contributed by atoms with Crippen LogP contribution in [0.1, 0.15) is 24.8 Å². The van der Waals surface area contributed by atoms with Crippen LogP contribution in [0.25, 0.3) is 0 Å². The number of hydrogen-bond acceptors (Lipinski definition) is 3. The molecule has 1 atom stereocenters. The number of piperazine rings is 1. The molecule has 0 amide bonds. The topological polar surface area (TPSA) is 35.5 Å². The van der Waals surface area contributed by atoms with Gasteiger partial charge in [-0.3, -0.25) is 4.90 Å². The molecule has 2 rings (SSSR count). The molecule has 106 valence electrons. The van der Waals surface area contributed by atoms with Crippen molar-refractivity contribution < 1.29 is 5.11 Å². The van der Waals surface area contributed by atoms with Crippen molar-refractivity contribution in [1.29, 1.82) is 0 Å². The first kappa shape index (κ1) is 14.5. The Hall–Kier alpha value is -0.900. The summed E-state index contributed by atoms with van der Waals surface area (Å²) in [5.74, 6) is 0. The third-order valence-corrected chi connectivity index (χ3v) is 3.92. The van der Waals surface area contributed by atoms with Crippen LogP contribution in [0.4, 0.5) is 0 Å². The maximum atomic E-state index is 8.97. The Kier molecular flexibility index (Phi) is 6.34. The van der Waals surface area contributed by atoms with Gasteiger partial charge in [0.25, 0.3) is 0 Å². The van der Waals surface area contributed by atoms with Crippen LogP contribution in [0.3, 0.4) is 0 Å². The second-order valence-corrected chi connectivity index (χ2v) is 5.35. The van der Waals surface area contributed by atoms with Gasteiger partial charge in [-0.05, 0) is 37.8 Å². The Bertz CT molecular complexity index is 342. The molecule has 1 fully saturated rings. The van der Waals surface area contributed by atoms with Gasteiger partial charge < -0.3 is 10.4 Å². The van der Waals surface area contributed by atoms with Crippen LogP contribution in [-0.4, -0.2) is 48.8 Å². The average molecular weight is 262 g/mol. The third kappa shape index (κ3) is 4.94. The Morgan fingerprint density at radius 3 is 2.84 bits per heavy atom. The number of rotatable bonds is 7. The largest absolute Gasteiger partial charge is 0.396 e. The van der Waals surface area contributed by atoms with E-state index in [0.717, 1.165) is 38.9 Å². The summed E-state index contributed by atoms with van der Waals surface area (Å²) in [5, 5.41) is 12.4. The lowest BCUT2D eigenvalue weighted by Crippen LogP contribution is -2.51.